The predicted octanol–water partition coefficient (Wildman–Crippen LogP) is 5.47. The average molecular weight is 311 g/mol. The van der Waals surface area contributed by atoms with Crippen LogP contribution in [-0.4, -0.2) is 15.7 Å². The zero-order chi connectivity index (χ0) is 15.7. The molecule has 0 unspecified atom stereocenters. The van der Waals surface area contributed by atoms with Gasteiger partial charge in [-0.05, 0) is 68.8 Å². The summed E-state index contributed by atoms with van der Waals surface area (Å²) in [5, 5.41) is 4.72. The van der Waals surface area contributed by atoms with Gasteiger partial charge >= 0.3 is 0 Å². The van der Waals surface area contributed by atoms with Crippen molar-refractivity contribution in [2.45, 2.75) is 72.8 Å². The molecule has 0 spiro atoms. The number of rotatable bonds is 4. The van der Waals surface area contributed by atoms with Crippen molar-refractivity contribution in [1.29, 1.82) is 0 Å². The van der Waals surface area contributed by atoms with Gasteiger partial charge in [-0.3, -0.25) is 4.68 Å². The molecule has 3 heteroatoms. The predicted molar refractivity (Wildman–Crippen MR) is 90.9 cm³/mol. The molecule has 1 fully saturated rings. The fourth-order valence-corrected chi connectivity index (χ4v) is 3.96. The average Bonchev–Trinajstić information content (AvgIpc) is 2.87. The van der Waals surface area contributed by atoms with Gasteiger partial charge in [0.25, 0.3) is 0 Å². The second kappa shape index (κ2) is 6.32. The van der Waals surface area contributed by atoms with Gasteiger partial charge in [-0.1, -0.05) is 20.8 Å². The van der Waals surface area contributed by atoms with Crippen molar-refractivity contribution >= 4 is 11.6 Å². The van der Waals surface area contributed by atoms with Crippen molar-refractivity contribution in [3.8, 4) is 0 Å². The van der Waals surface area contributed by atoms with Crippen LogP contribution in [0.1, 0.15) is 72.0 Å². The molecule has 0 N–H and O–H groups in total. The molecule has 1 saturated carbocycles. The molecule has 1 aromatic rings. The molecular weight excluding hydrogens is 280 g/mol. The monoisotopic (exact) mass is 310 g/mol. The normalized spacial score (nSPS) is 27.3. The molecule has 0 bridgehead atoms. The zero-order valence-electron chi connectivity index (χ0n) is 14.3. The third kappa shape index (κ3) is 4.03. The van der Waals surface area contributed by atoms with Gasteiger partial charge in [-0.2, -0.15) is 5.10 Å². The molecule has 1 aliphatic rings. The first-order valence-electron chi connectivity index (χ1n) is 8.36. The van der Waals surface area contributed by atoms with E-state index in [0.717, 1.165) is 18.2 Å². The highest BCUT2D eigenvalue weighted by Gasteiger charge is 2.38. The molecule has 1 aromatic heterocycles. The first-order chi connectivity index (χ1) is 9.76. The molecule has 0 saturated heterocycles. The Balaban J connectivity index is 2.03. The van der Waals surface area contributed by atoms with E-state index in [1.54, 1.807) is 0 Å². The smallest absolute Gasteiger partial charge is 0.0630 e. The van der Waals surface area contributed by atoms with E-state index >= 15 is 0 Å². The molecule has 1 heterocycles. The van der Waals surface area contributed by atoms with Crippen LogP contribution in [0.5, 0.6) is 0 Å². The van der Waals surface area contributed by atoms with Crippen molar-refractivity contribution in [2.24, 2.45) is 16.7 Å². The maximum Gasteiger partial charge on any atom is 0.0630 e. The summed E-state index contributed by atoms with van der Waals surface area (Å²) >= 11 is 6.38. The van der Waals surface area contributed by atoms with E-state index < -0.39 is 0 Å². The van der Waals surface area contributed by atoms with Crippen LogP contribution in [0.25, 0.3) is 0 Å². The lowest BCUT2D eigenvalue weighted by Gasteiger charge is -2.43. The van der Waals surface area contributed by atoms with Gasteiger partial charge in [0, 0.05) is 18.1 Å². The molecule has 0 atom stereocenters. The molecule has 0 aliphatic heterocycles. The van der Waals surface area contributed by atoms with Gasteiger partial charge in [-0.25, -0.2) is 0 Å². The second-order valence-electron chi connectivity index (χ2n) is 8.33. The Hall–Kier alpha value is -0.500. The van der Waals surface area contributed by atoms with E-state index in [-0.39, 0.29) is 5.41 Å². The van der Waals surface area contributed by atoms with E-state index in [1.165, 1.54) is 31.4 Å². The molecular formula is C18H31ClN2. The zero-order valence-corrected chi connectivity index (χ0v) is 15.1. The fourth-order valence-electron chi connectivity index (χ4n) is 3.60. The van der Waals surface area contributed by atoms with Crippen LogP contribution < -0.4 is 0 Å². The molecule has 2 nitrogen and oxygen atoms in total. The third-order valence-electron chi connectivity index (χ3n) is 5.30. The standard InChI is InChI=1S/C18H31ClN2/c1-14(2)21-11-8-16(20-21)12-18(13-19)9-6-15(7-10-18)17(3,4)5/h8,11,14-15H,6-7,9-10,12-13H2,1-5H3. The van der Waals surface area contributed by atoms with Crippen molar-refractivity contribution in [3.05, 3.63) is 18.0 Å². The van der Waals surface area contributed by atoms with Crippen molar-refractivity contribution in [1.82, 2.24) is 9.78 Å². The van der Waals surface area contributed by atoms with Gasteiger partial charge in [0.15, 0.2) is 0 Å². The Morgan fingerprint density at radius 1 is 1.33 bits per heavy atom. The van der Waals surface area contributed by atoms with Crippen molar-refractivity contribution in [2.75, 3.05) is 5.88 Å². The third-order valence-corrected chi connectivity index (χ3v) is 5.87. The highest BCUT2D eigenvalue weighted by Crippen LogP contribution is 2.47. The number of nitrogens with zero attached hydrogens (tertiary/aromatic N) is 2. The van der Waals surface area contributed by atoms with E-state index in [1.807, 2.05) is 0 Å². The Morgan fingerprint density at radius 2 is 1.95 bits per heavy atom. The Labute approximate surface area is 135 Å². The molecule has 0 amide bonds. The van der Waals surface area contributed by atoms with Gasteiger partial charge in [-0.15, -0.1) is 11.6 Å². The Morgan fingerprint density at radius 3 is 2.38 bits per heavy atom. The minimum Gasteiger partial charge on any atom is -0.270 e. The van der Waals surface area contributed by atoms with Gasteiger partial charge < -0.3 is 0 Å². The van der Waals surface area contributed by atoms with E-state index in [2.05, 4.69) is 51.6 Å². The summed E-state index contributed by atoms with van der Waals surface area (Å²) in [5.41, 5.74) is 1.90. The molecule has 0 aromatic carbocycles. The van der Waals surface area contributed by atoms with Crippen LogP contribution in [0.15, 0.2) is 12.3 Å². The number of hydrogen-bond acceptors (Lipinski definition) is 1. The van der Waals surface area contributed by atoms with Gasteiger partial charge in [0.05, 0.1) is 5.69 Å². The quantitative estimate of drug-likeness (QED) is 0.674. The minimum absolute atomic E-state index is 0.263. The maximum absolute atomic E-state index is 6.38. The number of alkyl halides is 1. The van der Waals surface area contributed by atoms with Crippen LogP contribution in [0.2, 0.25) is 0 Å². The lowest BCUT2D eigenvalue weighted by atomic mass is 9.63. The lowest BCUT2D eigenvalue weighted by molar-refractivity contribution is 0.101. The SMILES string of the molecule is CC(C)n1ccc(CC2(CCl)CCC(C(C)(C)C)CC2)n1. The molecule has 2 rings (SSSR count). The summed E-state index contributed by atoms with van der Waals surface area (Å²) in [6, 6.07) is 2.60. The summed E-state index contributed by atoms with van der Waals surface area (Å²) in [7, 11) is 0. The molecule has 1 aliphatic carbocycles. The van der Waals surface area contributed by atoms with Crippen LogP contribution >= 0.6 is 11.6 Å². The number of aromatic nitrogens is 2. The maximum atomic E-state index is 6.38. The highest BCUT2D eigenvalue weighted by atomic mass is 35.5. The van der Waals surface area contributed by atoms with Gasteiger partial charge in [0.1, 0.15) is 0 Å². The summed E-state index contributed by atoms with van der Waals surface area (Å²) in [5.74, 6) is 1.60. The first-order valence-corrected chi connectivity index (χ1v) is 8.89. The number of halogens is 1. The Bertz CT molecular complexity index is 448. The minimum atomic E-state index is 0.263. The van der Waals surface area contributed by atoms with E-state index in [4.69, 9.17) is 16.7 Å². The fraction of sp³-hybridized carbons (Fsp3) is 0.833. The van der Waals surface area contributed by atoms with Gasteiger partial charge in [0.2, 0.25) is 0 Å². The molecule has 0 radical (unpaired) electrons. The van der Waals surface area contributed by atoms with Crippen LogP contribution in [-0.2, 0) is 6.42 Å². The van der Waals surface area contributed by atoms with Crippen LogP contribution in [0.3, 0.4) is 0 Å². The Kier molecular flexibility index (Phi) is 5.07. The summed E-state index contributed by atoms with van der Waals surface area (Å²) < 4.78 is 2.05. The second-order valence-corrected chi connectivity index (χ2v) is 8.60. The lowest BCUT2D eigenvalue weighted by Crippen LogP contribution is -2.35. The summed E-state index contributed by atoms with van der Waals surface area (Å²) in [6.07, 6.45) is 8.23. The summed E-state index contributed by atoms with van der Waals surface area (Å²) in [4.78, 5) is 0. The molecule has 21 heavy (non-hydrogen) atoms. The van der Waals surface area contributed by atoms with Crippen LogP contribution in [0.4, 0.5) is 0 Å². The van der Waals surface area contributed by atoms with Crippen molar-refractivity contribution in [3.63, 3.8) is 0 Å². The highest BCUT2D eigenvalue weighted by molar-refractivity contribution is 6.18. The van der Waals surface area contributed by atoms with Crippen LogP contribution in [0, 0.1) is 16.7 Å². The molecule has 120 valence electrons. The largest absolute Gasteiger partial charge is 0.270 e. The summed E-state index contributed by atoms with van der Waals surface area (Å²) in [6.45, 7) is 11.5. The van der Waals surface area contributed by atoms with Crippen molar-refractivity contribution < 1.29 is 0 Å². The van der Waals surface area contributed by atoms with E-state index in [9.17, 15) is 0 Å². The topological polar surface area (TPSA) is 17.8 Å². The first kappa shape index (κ1) is 16.9. The number of hydrogen-bond donors (Lipinski definition) is 0. The van der Waals surface area contributed by atoms with E-state index in [0.29, 0.717) is 11.5 Å².